The molecule has 4 heteroatoms. The van der Waals surface area contributed by atoms with Crippen LogP contribution in [0.25, 0.3) is 11.1 Å². The number of pyridine rings is 1. The summed E-state index contributed by atoms with van der Waals surface area (Å²) in [6.07, 6.45) is 1.47. The van der Waals surface area contributed by atoms with Gasteiger partial charge in [0.25, 0.3) is 0 Å². The van der Waals surface area contributed by atoms with Gasteiger partial charge >= 0.3 is 0 Å². The summed E-state index contributed by atoms with van der Waals surface area (Å²) in [6.45, 7) is 0.348. The smallest absolute Gasteiger partial charge is 0.212 e. The van der Waals surface area contributed by atoms with Gasteiger partial charge in [-0.1, -0.05) is 42.5 Å². The van der Waals surface area contributed by atoms with Crippen LogP contribution in [0.15, 0.2) is 66.9 Å². The SMILES string of the molecule is OCc1ccc(-c2ccc(F)nc2)c(OCc2ccccc2)c1. The van der Waals surface area contributed by atoms with E-state index in [1.165, 1.54) is 12.3 Å². The minimum Gasteiger partial charge on any atom is -0.488 e. The summed E-state index contributed by atoms with van der Waals surface area (Å²) in [5.74, 6) is 0.112. The highest BCUT2D eigenvalue weighted by Crippen LogP contribution is 2.31. The van der Waals surface area contributed by atoms with Gasteiger partial charge in [0.2, 0.25) is 5.95 Å². The third kappa shape index (κ3) is 3.73. The number of nitrogens with zero attached hydrogens (tertiary/aromatic N) is 1. The second-order valence-corrected chi connectivity index (χ2v) is 5.13. The summed E-state index contributed by atoms with van der Waals surface area (Å²) in [5.41, 5.74) is 3.38. The van der Waals surface area contributed by atoms with Crippen molar-refractivity contribution < 1.29 is 14.2 Å². The molecule has 3 rings (SSSR count). The average molecular weight is 309 g/mol. The Hall–Kier alpha value is -2.72. The van der Waals surface area contributed by atoms with Crippen molar-refractivity contribution >= 4 is 0 Å². The number of aromatic nitrogens is 1. The maximum atomic E-state index is 13.0. The molecule has 1 N–H and O–H groups in total. The molecule has 0 unspecified atom stereocenters. The average Bonchev–Trinajstić information content (AvgIpc) is 2.61. The van der Waals surface area contributed by atoms with Crippen molar-refractivity contribution in [3.63, 3.8) is 0 Å². The zero-order chi connectivity index (χ0) is 16.1. The molecular weight excluding hydrogens is 293 g/mol. The van der Waals surface area contributed by atoms with Gasteiger partial charge in [0.05, 0.1) is 6.61 Å². The van der Waals surface area contributed by atoms with Crippen LogP contribution in [0.5, 0.6) is 5.75 Å². The van der Waals surface area contributed by atoms with E-state index in [1.54, 1.807) is 12.1 Å². The maximum absolute atomic E-state index is 13.0. The monoisotopic (exact) mass is 309 g/mol. The molecule has 0 radical (unpaired) electrons. The fourth-order valence-corrected chi connectivity index (χ4v) is 2.29. The van der Waals surface area contributed by atoms with E-state index in [0.717, 1.165) is 22.3 Å². The number of halogens is 1. The topological polar surface area (TPSA) is 42.4 Å². The van der Waals surface area contributed by atoms with Gasteiger partial charge in [-0.05, 0) is 29.3 Å². The van der Waals surface area contributed by atoms with E-state index < -0.39 is 5.95 Å². The summed E-state index contributed by atoms with van der Waals surface area (Å²) < 4.78 is 18.9. The molecule has 0 aliphatic rings. The van der Waals surface area contributed by atoms with Crippen LogP contribution in [-0.2, 0) is 13.2 Å². The van der Waals surface area contributed by atoms with Crippen LogP contribution < -0.4 is 4.74 Å². The van der Waals surface area contributed by atoms with Crippen molar-refractivity contribution in [3.05, 3.63) is 83.9 Å². The van der Waals surface area contributed by atoms with Crippen LogP contribution in [0.4, 0.5) is 4.39 Å². The molecule has 1 aromatic heterocycles. The molecule has 1 heterocycles. The lowest BCUT2D eigenvalue weighted by atomic mass is 10.0. The molecular formula is C19H16FNO2. The fourth-order valence-electron chi connectivity index (χ4n) is 2.29. The Morgan fingerprint density at radius 1 is 0.957 bits per heavy atom. The molecule has 0 saturated heterocycles. The van der Waals surface area contributed by atoms with Crippen LogP contribution in [0.2, 0.25) is 0 Å². The second-order valence-electron chi connectivity index (χ2n) is 5.13. The van der Waals surface area contributed by atoms with Crippen molar-refractivity contribution in [2.24, 2.45) is 0 Å². The number of hydrogen-bond acceptors (Lipinski definition) is 3. The van der Waals surface area contributed by atoms with Gasteiger partial charge in [-0.2, -0.15) is 4.39 Å². The Balaban J connectivity index is 1.91. The molecule has 23 heavy (non-hydrogen) atoms. The molecule has 0 bridgehead atoms. The van der Waals surface area contributed by atoms with Gasteiger partial charge in [-0.3, -0.25) is 0 Å². The van der Waals surface area contributed by atoms with E-state index >= 15 is 0 Å². The highest BCUT2D eigenvalue weighted by Gasteiger charge is 2.09. The van der Waals surface area contributed by atoms with E-state index in [4.69, 9.17) is 4.74 Å². The molecule has 0 fully saturated rings. The molecule has 0 saturated carbocycles. The van der Waals surface area contributed by atoms with Crippen LogP contribution in [-0.4, -0.2) is 10.1 Å². The van der Waals surface area contributed by atoms with Crippen molar-refractivity contribution in [1.82, 2.24) is 4.98 Å². The fraction of sp³-hybridized carbons (Fsp3) is 0.105. The predicted molar refractivity (Wildman–Crippen MR) is 86.3 cm³/mol. The van der Waals surface area contributed by atoms with Gasteiger partial charge in [0, 0.05) is 17.3 Å². The lowest BCUT2D eigenvalue weighted by Gasteiger charge is -2.13. The Morgan fingerprint density at radius 3 is 2.48 bits per heavy atom. The molecule has 0 atom stereocenters. The van der Waals surface area contributed by atoms with Crippen LogP contribution >= 0.6 is 0 Å². The molecule has 116 valence electrons. The summed E-state index contributed by atoms with van der Waals surface area (Å²) in [6, 6.07) is 18.2. The number of rotatable bonds is 5. The third-order valence-corrected chi connectivity index (χ3v) is 3.50. The van der Waals surface area contributed by atoms with Crippen LogP contribution in [0, 0.1) is 5.95 Å². The number of hydrogen-bond donors (Lipinski definition) is 1. The molecule has 3 aromatic rings. The lowest BCUT2D eigenvalue weighted by Crippen LogP contribution is -1.98. The first-order valence-electron chi connectivity index (χ1n) is 7.28. The Kier molecular flexibility index (Phi) is 4.64. The minimum atomic E-state index is -0.521. The molecule has 0 amide bonds. The molecule has 0 aliphatic heterocycles. The van der Waals surface area contributed by atoms with Gasteiger partial charge < -0.3 is 9.84 Å². The first-order valence-corrected chi connectivity index (χ1v) is 7.28. The zero-order valence-corrected chi connectivity index (χ0v) is 12.4. The van der Waals surface area contributed by atoms with E-state index in [0.29, 0.717) is 12.4 Å². The number of ether oxygens (including phenoxy) is 1. The summed E-state index contributed by atoms with van der Waals surface area (Å²) in [4.78, 5) is 3.69. The van der Waals surface area contributed by atoms with Crippen molar-refractivity contribution in [1.29, 1.82) is 0 Å². The zero-order valence-electron chi connectivity index (χ0n) is 12.4. The van der Waals surface area contributed by atoms with Crippen molar-refractivity contribution in [3.8, 4) is 16.9 Å². The molecule has 0 spiro atoms. The van der Waals surface area contributed by atoms with Gasteiger partial charge in [0.1, 0.15) is 12.4 Å². The normalized spacial score (nSPS) is 10.5. The first kappa shape index (κ1) is 15.2. The number of benzene rings is 2. The van der Waals surface area contributed by atoms with Gasteiger partial charge in [-0.25, -0.2) is 4.98 Å². The van der Waals surface area contributed by atoms with Crippen LogP contribution in [0.3, 0.4) is 0 Å². The van der Waals surface area contributed by atoms with E-state index in [1.807, 2.05) is 42.5 Å². The molecule has 2 aromatic carbocycles. The molecule has 0 aliphatic carbocycles. The Bertz CT molecular complexity index is 773. The Labute approximate surface area is 134 Å². The van der Waals surface area contributed by atoms with E-state index in [2.05, 4.69) is 4.98 Å². The first-order chi connectivity index (χ1) is 11.3. The quantitative estimate of drug-likeness (QED) is 0.725. The van der Waals surface area contributed by atoms with Gasteiger partial charge in [-0.15, -0.1) is 0 Å². The number of aliphatic hydroxyl groups excluding tert-OH is 1. The Morgan fingerprint density at radius 2 is 1.78 bits per heavy atom. The maximum Gasteiger partial charge on any atom is 0.212 e. The third-order valence-electron chi connectivity index (χ3n) is 3.50. The summed E-state index contributed by atoms with van der Waals surface area (Å²) in [5, 5.41) is 9.33. The number of aliphatic hydroxyl groups is 1. The highest BCUT2D eigenvalue weighted by molar-refractivity contribution is 5.70. The van der Waals surface area contributed by atoms with Gasteiger partial charge in [0.15, 0.2) is 0 Å². The van der Waals surface area contributed by atoms with Crippen molar-refractivity contribution in [2.45, 2.75) is 13.2 Å². The standard InChI is InChI=1S/C19H16FNO2/c20-19-9-7-16(11-21-19)17-8-6-15(12-22)10-18(17)23-13-14-4-2-1-3-5-14/h1-11,22H,12-13H2. The predicted octanol–water partition coefficient (Wildman–Crippen LogP) is 3.96. The second kappa shape index (κ2) is 7.03. The lowest BCUT2D eigenvalue weighted by molar-refractivity contribution is 0.278. The van der Waals surface area contributed by atoms with Crippen LogP contribution in [0.1, 0.15) is 11.1 Å². The summed E-state index contributed by atoms with van der Waals surface area (Å²) >= 11 is 0. The van der Waals surface area contributed by atoms with Crippen molar-refractivity contribution in [2.75, 3.05) is 0 Å². The summed E-state index contributed by atoms with van der Waals surface area (Å²) in [7, 11) is 0. The highest BCUT2D eigenvalue weighted by atomic mass is 19.1. The largest absolute Gasteiger partial charge is 0.488 e. The van der Waals surface area contributed by atoms with E-state index in [-0.39, 0.29) is 6.61 Å². The molecule has 3 nitrogen and oxygen atoms in total. The van der Waals surface area contributed by atoms with E-state index in [9.17, 15) is 9.50 Å². The minimum absolute atomic E-state index is 0.0658.